The molecule has 72 valence electrons. The van der Waals surface area contributed by atoms with E-state index >= 15 is 0 Å². The van der Waals surface area contributed by atoms with E-state index in [9.17, 15) is 0 Å². The Labute approximate surface area is 88.1 Å². The van der Waals surface area contributed by atoms with Crippen LogP contribution in [0.15, 0.2) is 24.3 Å². The predicted octanol–water partition coefficient (Wildman–Crippen LogP) is 2.96. The van der Waals surface area contributed by atoms with Crippen molar-refractivity contribution in [2.75, 3.05) is 12.4 Å². The molecule has 13 heavy (non-hydrogen) atoms. The van der Waals surface area contributed by atoms with Crippen LogP contribution in [-0.4, -0.2) is 17.5 Å². The highest BCUT2D eigenvalue weighted by molar-refractivity contribution is 7.98. The largest absolute Gasteiger partial charge is 0.396 e. The third kappa shape index (κ3) is 4.55. The van der Waals surface area contributed by atoms with Gasteiger partial charge in [-0.2, -0.15) is 11.8 Å². The standard InChI is InChI=1S/C10H13ClOS/c11-10-4-1-3-9(7-10)8-13-6-2-5-12/h1,3-4,7,12H,2,5-6,8H2. The van der Waals surface area contributed by atoms with Crippen molar-refractivity contribution in [3.63, 3.8) is 0 Å². The van der Waals surface area contributed by atoms with Crippen molar-refractivity contribution in [2.45, 2.75) is 12.2 Å². The highest BCUT2D eigenvalue weighted by Gasteiger charge is 1.94. The van der Waals surface area contributed by atoms with Crippen molar-refractivity contribution >= 4 is 23.4 Å². The van der Waals surface area contributed by atoms with Crippen LogP contribution in [0.25, 0.3) is 0 Å². The minimum absolute atomic E-state index is 0.280. The van der Waals surface area contributed by atoms with Crippen LogP contribution in [0.2, 0.25) is 5.02 Å². The van der Waals surface area contributed by atoms with Gasteiger partial charge in [0.1, 0.15) is 0 Å². The lowest BCUT2D eigenvalue weighted by Crippen LogP contribution is -1.87. The molecular formula is C10H13ClOS. The zero-order valence-corrected chi connectivity index (χ0v) is 8.94. The van der Waals surface area contributed by atoms with Crippen molar-refractivity contribution in [3.05, 3.63) is 34.9 Å². The monoisotopic (exact) mass is 216 g/mol. The molecule has 1 aromatic rings. The van der Waals surface area contributed by atoms with E-state index in [1.807, 2.05) is 30.0 Å². The molecule has 3 heteroatoms. The number of rotatable bonds is 5. The van der Waals surface area contributed by atoms with Crippen molar-refractivity contribution in [2.24, 2.45) is 0 Å². The molecule has 0 unspecified atom stereocenters. The maximum Gasteiger partial charge on any atom is 0.0438 e. The maximum atomic E-state index is 8.57. The zero-order chi connectivity index (χ0) is 9.52. The van der Waals surface area contributed by atoms with Crippen LogP contribution in [0.3, 0.4) is 0 Å². The Morgan fingerprint density at radius 2 is 2.23 bits per heavy atom. The fourth-order valence-electron chi connectivity index (χ4n) is 0.983. The highest BCUT2D eigenvalue weighted by Crippen LogP contribution is 2.16. The Balaban J connectivity index is 2.28. The summed E-state index contributed by atoms with van der Waals surface area (Å²) in [4.78, 5) is 0. The lowest BCUT2D eigenvalue weighted by atomic mass is 10.2. The first-order chi connectivity index (χ1) is 6.33. The van der Waals surface area contributed by atoms with Crippen LogP contribution in [0.1, 0.15) is 12.0 Å². The second-order valence-electron chi connectivity index (χ2n) is 2.76. The fraction of sp³-hybridized carbons (Fsp3) is 0.400. The molecule has 0 atom stereocenters. The number of aliphatic hydroxyl groups excluding tert-OH is 1. The summed E-state index contributed by atoms with van der Waals surface area (Å²) in [6.07, 6.45) is 0.866. The summed E-state index contributed by atoms with van der Waals surface area (Å²) >= 11 is 7.66. The van der Waals surface area contributed by atoms with Crippen LogP contribution in [-0.2, 0) is 5.75 Å². The molecule has 0 aliphatic heterocycles. The lowest BCUT2D eigenvalue weighted by molar-refractivity contribution is 0.296. The molecule has 0 saturated carbocycles. The first-order valence-corrected chi connectivity index (χ1v) is 5.79. The number of aliphatic hydroxyl groups is 1. The average molecular weight is 217 g/mol. The Morgan fingerprint density at radius 3 is 2.92 bits per heavy atom. The summed E-state index contributed by atoms with van der Waals surface area (Å²) in [5.74, 6) is 1.98. The van der Waals surface area contributed by atoms with Crippen molar-refractivity contribution in [3.8, 4) is 0 Å². The molecule has 0 spiro atoms. The molecule has 0 heterocycles. The van der Waals surface area contributed by atoms with Crippen LogP contribution >= 0.6 is 23.4 Å². The molecule has 1 rings (SSSR count). The van der Waals surface area contributed by atoms with Crippen molar-refractivity contribution in [1.82, 2.24) is 0 Å². The normalized spacial score (nSPS) is 10.3. The first kappa shape index (κ1) is 10.9. The first-order valence-electron chi connectivity index (χ1n) is 4.26. The molecule has 0 aromatic heterocycles. The molecule has 1 nitrogen and oxygen atoms in total. The molecule has 0 aliphatic carbocycles. The van der Waals surface area contributed by atoms with E-state index in [1.54, 1.807) is 0 Å². The van der Waals surface area contributed by atoms with Gasteiger partial charge in [0, 0.05) is 17.4 Å². The smallest absolute Gasteiger partial charge is 0.0438 e. The van der Waals surface area contributed by atoms with E-state index in [0.717, 1.165) is 22.9 Å². The van der Waals surface area contributed by atoms with Gasteiger partial charge >= 0.3 is 0 Å². The summed E-state index contributed by atoms with van der Waals surface area (Å²) < 4.78 is 0. The third-order valence-electron chi connectivity index (χ3n) is 1.60. The molecular weight excluding hydrogens is 204 g/mol. The van der Waals surface area contributed by atoms with Gasteiger partial charge in [0.15, 0.2) is 0 Å². The molecule has 0 aliphatic rings. The van der Waals surface area contributed by atoms with Gasteiger partial charge in [-0.1, -0.05) is 23.7 Å². The SMILES string of the molecule is OCCCSCc1cccc(Cl)c1. The van der Waals surface area contributed by atoms with Crippen molar-refractivity contribution < 1.29 is 5.11 Å². The second kappa shape index (κ2) is 6.30. The zero-order valence-electron chi connectivity index (χ0n) is 7.37. The number of halogens is 1. The Hall–Kier alpha value is -0.180. The number of thioether (sulfide) groups is 1. The minimum Gasteiger partial charge on any atom is -0.396 e. The summed E-state index contributed by atoms with van der Waals surface area (Å²) in [5.41, 5.74) is 1.25. The van der Waals surface area contributed by atoms with Crippen LogP contribution < -0.4 is 0 Å². The maximum absolute atomic E-state index is 8.57. The van der Waals surface area contributed by atoms with Gasteiger partial charge in [-0.05, 0) is 29.9 Å². The Kier molecular flexibility index (Phi) is 5.28. The van der Waals surface area contributed by atoms with Gasteiger partial charge in [-0.15, -0.1) is 0 Å². The third-order valence-corrected chi connectivity index (χ3v) is 2.95. The van der Waals surface area contributed by atoms with Gasteiger partial charge in [0.05, 0.1) is 0 Å². The van der Waals surface area contributed by atoms with Crippen LogP contribution in [0.5, 0.6) is 0 Å². The summed E-state index contributed by atoms with van der Waals surface area (Å²) in [6.45, 7) is 0.280. The summed E-state index contributed by atoms with van der Waals surface area (Å²) in [6, 6.07) is 7.89. The van der Waals surface area contributed by atoms with Gasteiger partial charge in [-0.25, -0.2) is 0 Å². The van der Waals surface area contributed by atoms with E-state index in [-0.39, 0.29) is 6.61 Å². The molecule has 1 aromatic carbocycles. The molecule has 0 radical (unpaired) electrons. The van der Waals surface area contributed by atoms with Crippen LogP contribution in [0.4, 0.5) is 0 Å². The van der Waals surface area contributed by atoms with Gasteiger partial charge in [0.25, 0.3) is 0 Å². The number of hydrogen-bond donors (Lipinski definition) is 1. The predicted molar refractivity (Wildman–Crippen MR) is 59.3 cm³/mol. The average Bonchev–Trinajstić information content (AvgIpc) is 2.13. The van der Waals surface area contributed by atoms with E-state index in [2.05, 4.69) is 6.07 Å². The van der Waals surface area contributed by atoms with Gasteiger partial charge in [0.2, 0.25) is 0 Å². The minimum atomic E-state index is 0.280. The fourth-order valence-corrected chi connectivity index (χ4v) is 2.09. The lowest BCUT2D eigenvalue weighted by Gasteiger charge is -2.00. The molecule has 0 fully saturated rings. The second-order valence-corrected chi connectivity index (χ2v) is 4.30. The van der Waals surface area contributed by atoms with E-state index < -0.39 is 0 Å². The molecule has 0 bridgehead atoms. The Morgan fingerprint density at radius 1 is 1.38 bits per heavy atom. The van der Waals surface area contributed by atoms with Gasteiger partial charge in [-0.3, -0.25) is 0 Å². The summed E-state index contributed by atoms with van der Waals surface area (Å²) in [7, 11) is 0. The quantitative estimate of drug-likeness (QED) is 0.764. The molecule has 0 amide bonds. The molecule has 0 saturated heterocycles. The van der Waals surface area contributed by atoms with Crippen LogP contribution in [0, 0.1) is 0 Å². The summed E-state index contributed by atoms with van der Waals surface area (Å²) in [5, 5.41) is 9.37. The van der Waals surface area contributed by atoms with E-state index in [0.29, 0.717) is 0 Å². The van der Waals surface area contributed by atoms with Crippen molar-refractivity contribution in [1.29, 1.82) is 0 Å². The van der Waals surface area contributed by atoms with E-state index in [1.165, 1.54) is 5.56 Å². The topological polar surface area (TPSA) is 20.2 Å². The number of hydrogen-bond acceptors (Lipinski definition) is 2. The highest BCUT2D eigenvalue weighted by atomic mass is 35.5. The molecule has 1 N–H and O–H groups in total. The number of benzene rings is 1. The van der Waals surface area contributed by atoms with E-state index in [4.69, 9.17) is 16.7 Å². The van der Waals surface area contributed by atoms with Gasteiger partial charge < -0.3 is 5.11 Å². The Bertz CT molecular complexity index is 252.